The minimum absolute atomic E-state index is 0.0944. The quantitative estimate of drug-likeness (QED) is 0.771. The molecule has 0 aliphatic heterocycles. The van der Waals surface area contributed by atoms with Crippen molar-refractivity contribution in [1.82, 2.24) is 19.9 Å². The zero-order valence-corrected chi connectivity index (χ0v) is 13.7. The molecule has 0 atom stereocenters. The molecule has 0 saturated heterocycles. The maximum atomic E-state index is 12.0. The highest BCUT2D eigenvalue weighted by molar-refractivity contribution is 6.35. The number of aromatic nitrogens is 3. The van der Waals surface area contributed by atoms with Gasteiger partial charge in [-0.2, -0.15) is 0 Å². The second-order valence-electron chi connectivity index (χ2n) is 5.06. The fraction of sp³-hybridized carbons (Fsp3) is 0.188. The number of pyridine rings is 1. The number of halogens is 2. The summed E-state index contributed by atoms with van der Waals surface area (Å²) in [6.45, 7) is 0.486. The lowest BCUT2D eigenvalue weighted by molar-refractivity contribution is -0.120. The number of nitrogens with zero attached hydrogens (tertiary/aromatic N) is 3. The van der Waals surface area contributed by atoms with Gasteiger partial charge >= 0.3 is 0 Å². The maximum Gasteiger partial charge on any atom is 0.224 e. The minimum atomic E-state index is -0.0944. The lowest BCUT2D eigenvalue weighted by atomic mass is 10.1. The number of nitrogens with one attached hydrogen (secondary N) is 1. The van der Waals surface area contributed by atoms with Gasteiger partial charge in [-0.3, -0.25) is 9.20 Å². The molecule has 7 heteroatoms. The van der Waals surface area contributed by atoms with Gasteiger partial charge in [0, 0.05) is 29.2 Å². The molecule has 3 aromatic rings. The highest BCUT2D eigenvalue weighted by Gasteiger charge is 2.09. The van der Waals surface area contributed by atoms with E-state index in [0.717, 1.165) is 17.0 Å². The first kappa shape index (κ1) is 15.8. The van der Waals surface area contributed by atoms with Crippen LogP contribution in [0.25, 0.3) is 5.65 Å². The molecule has 0 unspecified atom stereocenters. The maximum absolute atomic E-state index is 12.0. The number of amides is 1. The number of fused-ring (bicyclic) bond motifs is 1. The van der Waals surface area contributed by atoms with Crippen LogP contribution in [0.4, 0.5) is 0 Å². The first-order valence-electron chi connectivity index (χ1n) is 7.13. The van der Waals surface area contributed by atoms with E-state index in [1.54, 1.807) is 18.2 Å². The molecule has 0 fully saturated rings. The number of hydrogen-bond acceptors (Lipinski definition) is 3. The van der Waals surface area contributed by atoms with Gasteiger partial charge in [0.1, 0.15) is 5.82 Å². The van der Waals surface area contributed by atoms with Crippen LogP contribution in [0.15, 0.2) is 42.6 Å². The molecule has 1 N–H and O–H groups in total. The van der Waals surface area contributed by atoms with Crippen LogP contribution in [-0.2, 0) is 17.6 Å². The fourth-order valence-electron chi connectivity index (χ4n) is 2.28. The molecule has 0 saturated carbocycles. The highest BCUT2D eigenvalue weighted by Crippen LogP contribution is 2.21. The average Bonchev–Trinajstić information content (AvgIpc) is 2.94. The van der Waals surface area contributed by atoms with E-state index in [0.29, 0.717) is 23.0 Å². The highest BCUT2D eigenvalue weighted by atomic mass is 35.5. The van der Waals surface area contributed by atoms with Crippen molar-refractivity contribution in [2.45, 2.75) is 12.8 Å². The minimum Gasteiger partial charge on any atom is -0.355 e. The molecule has 0 aliphatic carbocycles. The van der Waals surface area contributed by atoms with Crippen molar-refractivity contribution >= 4 is 34.8 Å². The van der Waals surface area contributed by atoms with E-state index in [4.69, 9.17) is 23.2 Å². The predicted molar refractivity (Wildman–Crippen MR) is 89.9 cm³/mol. The van der Waals surface area contributed by atoms with E-state index < -0.39 is 0 Å². The Labute approximate surface area is 143 Å². The summed E-state index contributed by atoms with van der Waals surface area (Å²) in [5, 5.41) is 12.1. The molecule has 2 heterocycles. The van der Waals surface area contributed by atoms with Gasteiger partial charge in [0.05, 0.1) is 6.42 Å². The molecule has 23 heavy (non-hydrogen) atoms. The van der Waals surface area contributed by atoms with E-state index in [1.165, 1.54) is 0 Å². The Morgan fingerprint density at radius 2 is 2.04 bits per heavy atom. The molecule has 0 bridgehead atoms. The normalized spacial score (nSPS) is 10.9. The molecule has 5 nitrogen and oxygen atoms in total. The lowest BCUT2D eigenvalue weighted by Gasteiger charge is -2.06. The Kier molecular flexibility index (Phi) is 4.79. The summed E-state index contributed by atoms with van der Waals surface area (Å²) in [5.74, 6) is 0.716. The number of carbonyl (C=O) groups is 1. The van der Waals surface area contributed by atoms with Crippen LogP contribution in [0.1, 0.15) is 11.4 Å². The molecule has 1 aromatic carbocycles. The molecule has 3 rings (SSSR count). The SMILES string of the molecule is O=C(Cc1ccc(Cl)cc1Cl)NCCc1nnc2ccccn12. The van der Waals surface area contributed by atoms with Crippen LogP contribution < -0.4 is 5.32 Å². The predicted octanol–water partition coefficient (Wildman–Crippen LogP) is 2.94. The van der Waals surface area contributed by atoms with Crippen LogP contribution in [0.2, 0.25) is 10.0 Å². The molecule has 0 radical (unpaired) electrons. The topological polar surface area (TPSA) is 59.3 Å². The summed E-state index contributed by atoms with van der Waals surface area (Å²) >= 11 is 11.9. The van der Waals surface area contributed by atoms with Gasteiger partial charge in [-0.25, -0.2) is 0 Å². The monoisotopic (exact) mass is 348 g/mol. The Morgan fingerprint density at radius 3 is 2.87 bits per heavy atom. The Hall–Kier alpha value is -2.11. The Morgan fingerprint density at radius 1 is 1.17 bits per heavy atom. The van der Waals surface area contributed by atoms with Crippen LogP contribution in [0.3, 0.4) is 0 Å². The molecule has 1 amide bonds. The first-order chi connectivity index (χ1) is 11.1. The van der Waals surface area contributed by atoms with E-state index in [9.17, 15) is 4.79 Å². The zero-order chi connectivity index (χ0) is 16.2. The molecule has 0 aliphatic rings. The van der Waals surface area contributed by atoms with Gasteiger partial charge in [-0.05, 0) is 29.8 Å². The summed E-state index contributed by atoms with van der Waals surface area (Å²) in [7, 11) is 0. The third-order valence-electron chi connectivity index (χ3n) is 3.42. The second-order valence-corrected chi connectivity index (χ2v) is 5.90. The third kappa shape index (κ3) is 3.81. The summed E-state index contributed by atoms with van der Waals surface area (Å²) in [5.41, 5.74) is 1.54. The van der Waals surface area contributed by atoms with Gasteiger partial charge in [-0.15, -0.1) is 10.2 Å². The van der Waals surface area contributed by atoms with E-state index >= 15 is 0 Å². The average molecular weight is 349 g/mol. The number of benzene rings is 1. The Bertz CT molecular complexity index is 847. The van der Waals surface area contributed by atoms with E-state index in [2.05, 4.69) is 15.5 Å². The molecular weight excluding hydrogens is 335 g/mol. The Balaban J connectivity index is 1.55. The summed E-state index contributed by atoms with van der Waals surface area (Å²) < 4.78 is 1.90. The van der Waals surface area contributed by atoms with Gasteiger partial charge in [0.15, 0.2) is 5.65 Å². The van der Waals surface area contributed by atoms with Gasteiger partial charge in [0.2, 0.25) is 5.91 Å². The molecule has 118 valence electrons. The largest absolute Gasteiger partial charge is 0.355 e. The van der Waals surface area contributed by atoms with Crippen LogP contribution in [0.5, 0.6) is 0 Å². The number of carbonyl (C=O) groups excluding carboxylic acids is 1. The van der Waals surface area contributed by atoms with Crippen molar-refractivity contribution in [1.29, 1.82) is 0 Å². The summed E-state index contributed by atoms with van der Waals surface area (Å²) in [4.78, 5) is 12.0. The third-order valence-corrected chi connectivity index (χ3v) is 4.01. The van der Waals surface area contributed by atoms with Crippen LogP contribution in [0, 0.1) is 0 Å². The van der Waals surface area contributed by atoms with Crippen molar-refractivity contribution in [3.8, 4) is 0 Å². The van der Waals surface area contributed by atoms with E-state index in [1.807, 2.05) is 28.8 Å². The fourth-order valence-corrected chi connectivity index (χ4v) is 2.75. The van der Waals surface area contributed by atoms with Crippen molar-refractivity contribution in [3.63, 3.8) is 0 Å². The van der Waals surface area contributed by atoms with Crippen molar-refractivity contribution in [3.05, 3.63) is 64.0 Å². The van der Waals surface area contributed by atoms with Crippen molar-refractivity contribution in [2.75, 3.05) is 6.54 Å². The lowest BCUT2D eigenvalue weighted by Crippen LogP contribution is -2.27. The van der Waals surface area contributed by atoms with Crippen LogP contribution in [-0.4, -0.2) is 27.0 Å². The molecule has 0 spiro atoms. The number of rotatable bonds is 5. The second kappa shape index (κ2) is 6.98. The standard InChI is InChI=1S/C16H14Cl2N4O/c17-12-5-4-11(13(18)10-12)9-16(23)19-7-6-15-21-20-14-3-1-2-8-22(14)15/h1-5,8,10H,6-7,9H2,(H,19,23). The molecular formula is C16H14Cl2N4O. The van der Waals surface area contributed by atoms with Gasteiger partial charge in [0.25, 0.3) is 0 Å². The van der Waals surface area contributed by atoms with Crippen molar-refractivity contribution in [2.24, 2.45) is 0 Å². The number of hydrogen-bond donors (Lipinski definition) is 1. The van der Waals surface area contributed by atoms with Crippen LogP contribution >= 0.6 is 23.2 Å². The summed E-state index contributed by atoms with van der Waals surface area (Å²) in [6.07, 6.45) is 2.72. The van der Waals surface area contributed by atoms with Gasteiger partial charge < -0.3 is 5.32 Å². The smallest absolute Gasteiger partial charge is 0.224 e. The van der Waals surface area contributed by atoms with Gasteiger partial charge in [-0.1, -0.05) is 35.3 Å². The zero-order valence-electron chi connectivity index (χ0n) is 12.2. The first-order valence-corrected chi connectivity index (χ1v) is 7.88. The molecule has 2 aromatic heterocycles. The van der Waals surface area contributed by atoms with Crippen molar-refractivity contribution < 1.29 is 4.79 Å². The summed E-state index contributed by atoms with van der Waals surface area (Å²) in [6, 6.07) is 10.8. The van der Waals surface area contributed by atoms with E-state index in [-0.39, 0.29) is 12.3 Å².